The summed E-state index contributed by atoms with van der Waals surface area (Å²) in [5.41, 5.74) is 1.42. The van der Waals surface area contributed by atoms with Crippen LogP contribution >= 0.6 is 0 Å². The number of carbonyl (C=O) groups is 3. The van der Waals surface area contributed by atoms with Crippen LogP contribution in [-0.4, -0.2) is 31.4 Å². The fraction of sp³-hybridized carbons (Fsp3) is 0.471. The molecule has 0 fully saturated rings. The van der Waals surface area contributed by atoms with E-state index in [4.69, 9.17) is 0 Å². The van der Waals surface area contributed by atoms with Crippen LogP contribution in [0.5, 0.6) is 0 Å². The molecule has 2 N–H and O–H groups in total. The van der Waals surface area contributed by atoms with Crippen LogP contribution in [0.1, 0.15) is 48.5 Å². The summed E-state index contributed by atoms with van der Waals surface area (Å²) in [5.74, 6) is -0.401. The van der Waals surface area contributed by atoms with Crippen molar-refractivity contribution in [3.05, 3.63) is 35.4 Å². The molecule has 0 aliphatic rings. The fourth-order valence-corrected chi connectivity index (χ4v) is 2.02. The largest absolute Gasteiger partial charge is 0.465 e. The molecule has 1 aromatic carbocycles. The topological polar surface area (TPSA) is 84.5 Å². The maximum Gasteiger partial charge on any atom is 0.337 e. The lowest BCUT2D eigenvalue weighted by Gasteiger charge is -2.06. The van der Waals surface area contributed by atoms with Crippen molar-refractivity contribution in [2.75, 3.05) is 13.7 Å². The first-order valence-electron chi connectivity index (χ1n) is 7.71. The van der Waals surface area contributed by atoms with E-state index in [0.29, 0.717) is 25.1 Å². The second-order valence-corrected chi connectivity index (χ2v) is 5.26. The molecule has 0 aliphatic carbocycles. The van der Waals surface area contributed by atoms with Crippen LogP contribution in [0.3, 0.4) is 0 Å². The van der Waals surface area contributed by atoms with E-state index in [-0.39, 0.29) is 17.8 Å². The lowest BCUT2D eigenvalue weighted by Crippen LogP contribution is -2.23. The van der Waals surface area contributed by atoms with Crippen molar-refractivity contribution >= 4 is 17.8 Å². The molecule has 0 radical (unpaired) electrons. The molecule has 0 aliphatic heterocycles. The summed E-state index contributed by atoms with van der Waals surface area (Å²) in [7, 11) is 1.34. The number of esters is 1. The van der Waals surface area contributed by atoms with E-state index in [1.165, 1.54) is 14.0 Å². The molecule has 0 heterocycles. The summed E-state index contributed by atoms with van der Waals surface area (Å²) in [5, 5.41) is 5.57. The molecular weight excluding hydrogens is 296 g/mol. The van der Waals surface area contributed by atoms with E-state index in [2.05, 4.69) is 15.4 Å². The fourth-order valence-electron chi connectivity index (χ4n) is 2.02. The van der Waals surface area contributed by atoms with Gasteiger partial charge in [0.25, 0.3) is 0 Å². The summed E-state index contributed by atoms with van der Waals surface area (Å²) in [4.78, 5) is 33.7. The molecule has 126 valence electrons. The van der Waals surface area contributed by atoms with Gasteiger partial charge in [-0.1, -0.05) is 18.6 Å². The molecule has 0 spiro atoms. The molecule has 0 saturated carbocycles. The molecule has 0 bridgehead atoms. The highest BCUT2D eigenvalue weighted by molar-refractivity contribution is 5.89. The average Bonchev–Trinajstić information content (AvgIpc) is 2.55. The molecular formula is C17H24N2O4. The minimum Gasteiger partial charge on any atom is -0.465 e. The Morgan fingerprint density at radius 3 is 2.30 bits per heavy atom. The number of amides is 2. The minimum absolute atomic E-state index is 0.00146. The Morgan fingerprint density at radius 1 is 1.00 bits per heavy atom. The number of benzene rings is 1. The molecule has 0 atom stereocenters. The van der Waals surface area contributed by atoms with Crippen molar-refractivity contribution in [2.45, 2.75) is 39.2 Å². The van der Waals surface area contributed by atoms with Crippen LogP contribution in [0.15, 0.2) is 24.3 Å². The van der Waals surface area contributed by atoms with E-state index < -0.39 is 0 Å². The van der Waals surface area contributed by atoms with Gasteiger partial charge in [-0.25, -0.2) is 4.79 Å². The van der Waals surface area contributed by atoms with Gasteiger partial charge in [0.05, 0.1) is 12.7 Å². The van der Waals surface area contributed by atoms with Crippen LogP contribution in [0.2, 0.25) is 0 Å². The molecule has 23 heavy (non-hydrogen) atoms. The molecule has 1 aromatic rings. The highest BCUT2D eigenvalue weighted by Gasteiger charge is 2.05. The number of hydrogen-bond acceptors (Lipinski definition) is 4. The first-order valence-corrected chi connectivity index (χ1v) is 7.71. The Labute approximate surface area is 136 Å². The van der Waals surface area contributed by atoms with Crippen LogP contribution < -0.4 is 10.6 Å². The predicted octanol–water partition coefficient (Wildman–Crippen LogP) is 1.79. The van der Waals surface area contributed by atoms with Crippen LogP contribution in [-0.2, 0) is 20.9 Å². The maximum absolute atomic E-state index is 11.7. The molecule has 0 aromatic heterocycles. The van der Waals surface area contributed by atoms with Gasteiger partial charge < -0.3 is 15.4 Å². The van der Waals surface area contributed by atoms with Crippen LogP contribution in [0, 0.1) is 0 Å². The van der Waals surface area contributed by atoms with Gasteiger partial charge in [0, 0.05) is 26.4 Å². The van der Waals surface area contributed by atoms with Gasteiger partial charge in [-0.2, -0.15) is 0 Å². The monoisotopic (exact) mass is 320 g/mol. The van der Waals surface area contributed by atoms with Crippen molar-refractivity contribution < 1.29 is 19.1 Å². The first kappa shape index (κ1) is 18.7. The van der Waals surface area contributed by atoms with E-state index in [1.54, 1.807) is 24.3 Å². The third-order valence-electron chi connectivity index (χ3n) is 3.32. The Morgan fingerprint density at radius 2 is 1.70 bits per heavy atom. The van der Waals surface area contributed by atoms with Gasteiger partial charge in [0.15, 0.2) is 0 Å². The zero-order valence-corrected chi connectivity index (χ0v) is 13.7. The number of rotatable bonds is 9. The second-order valence-electron chi connectivity index (χ2n) is 5.26. The van der Waals surface area contributed by atoms with Crippen LogP contribution in [0.4, 0.5) is 0 Å². The highest BCUT2D eigenvalue weighted by atomic mass is 16.5. The SMILES string of the molecule is COC(=O)c1ccc(CNC(=O)CCCCCNC(C)=O)cc1. The van der Waals surface area contributed by atoms with Gasteiger partial charge in [-0.05, 0) is 30.5 Å². The zero-order chi connectivity index (χ0) is 17.1. The number of nitrogens with one attached hydrogen (secondary N) is 2. The number of carbonyl (C=O) groups excluding carboxylic acids is 3. The zero-order valence-electron chi connectivity index (χ0n) is 13.7. The lowest BCUT2D eigenvalue weighted by molar-refractivity contribution is -0.121. The standard InChI is InChI=1S/C17H24N2O4/c1-13(20)18-11-5-3-4-6-16(21)19-12-14-7-9-15(10-8-14)17(22)23-2/h7-10H,3-6,11-12H2,1-2H3,(H,18,20)(H,19,21). The minimum atomic E-state index is -0.375. The summed E-state index contributed by atoms with van der Waals surface area (Å²) in [6, 6.07) is 6.94. The van der Waals surface area contributed by atoms with Crippen molar-refractivity contribution in [3.8, 4) is 0 Å². The lowest BCUT2D eigenvalue weighted by atomic mass is 10.1. The van der Waals surface area contributed by atoms with Crippen molar-refractivity contribution in [3.63, 3.8) is 0 Å². The third kappa shape index (κ3) is 7.99. The summed E-state index contributed by atoms with van der Waals surface area (Å²) < 4.78 is 4.63. The summed E-state index contributed by atoms with van der Waals surface area (Å²) in [6.07, 6.45) is 3.05. The third-order valence-corrected chi connectivity index (χ3v) is 3.32. The Hall–Kier alpha value is -2.37. The summed E-state index contributed by atoms with van der Waals surface area (Å²) in [6.45, 7) is 2.58. The van der Waals surface area contributed by atoms with Crippen molar-refractivity contribution in [1.29, 1.82) is 0 Å². The average molecular weight is 320 g/mol. The number of unbranched alkanes of at least 4 members (excludes halogenated alkanes) is 2. The molecule has 2 amide bonds. The Bertz CT molecular complexity index is 526. The van der Waals surface area contributed by atoms with Crippen molar-refractivity contribution in [2.24, 2.45) is 0 Å². The highest BCUT2D eigenvalue weighted by Crippen LogP contribution is 2.06. The Balaban J connectivity index is 2.18. The normalized spacial score (nSPS) is 10.0. The summed E-state index contributed by atoms with van der Waals surface area (Å²) >= 11 is 0. The first-order chi connectivity index (χ1) is 11.0. The van der Waals surface area contributed by atoms with Crippen molar-refractivity contribution in [1.82, 2.24) is 10.6 Å². The van der Waals surface area contributed by atoms with E-state index in [9.17, 15) is 14.4 Å². The van der Waals surface area contributed by atoms with E-state index in [0.717, 1.165) is 24.8 Å². The molecule has 6 nitrogen and oxygen atoms in total. The quantitative estimate of drug-likeness (QED) is 0.536. The molecule has 6 heteroatoms. The smallest absolute Gasteiger partial charge is 0.337 e. The van der Waals surface area contributed by atoms with Gasteiger partial charge in [0.1, 0.15) is 0 Å². The second kappa shape index (κ2) is 10.4. The van der Waals surface area contributed by atoms with E-state index >= 15 is 0 Å². The number of ether oxygens (including phenoxy) is 1. The molecule has 0 unspecified atom stereocenters. The van der Waals surface area contributed by atoms with Gasteiger partial charge >= 0.3 is 5.97 Å². The number of hydrogen-bond donors (Lipinski definition) is 2. The van der Waals surface area contributed by atoms with E-state index in [1.807, 2.05) is 0 Å². The van der Waals surface area contributed by atoms with Gasteiger partial charge in [-0.3, -0.25) is 9.59 Å². The maximum atomic E-state index is 11.7. The van der Waals surface area contributed by atoms with Crippen LogP contribution in [0.25, 0.3) is 0 Å². The molecule has 0 saturated heterocycles. The van der Waals surface area contributed by atoms with Gasteiger partial charge in [-0.15, -0.1) is 0 Å². The molecule has 1 rings (SSSR count). The Kier molecular flexibility index (Phi) is 8.42. The number of methoxy groups -OCH3 is 1. The van der Waals surface area contributed by atoms with Gasteiger partial charge in [0.2, 0.25) is 11.8 Å². The predicted molar refractivity (Wildman–Crippen MR) is 86.8 cm³/mol.